The average molecular weight is 205 g/mol. The highest BCUT2D eigenvalue weighted by atomic mass is 32.2. The van der Waals surface area contributed by atoms with Crippen LogP contribution in [0.3, 0.4) is 0 Å². The van der Waals surface area contributed by atoms with Gasteiger partial charge in [-0.15, -0.1) is 0 Å². The lowest BCUT2D eigenvalue weighted by atomic mass is 10.4. The Morgan fingerprint density at radius 1 is 1.54 bits per heavy atom. The van der Waals surface area contributed by atoms with Crippen LogP contribution in [0.25, 0.3) is 0 Å². The van der Waals surface area contributed by atoms with E-state index in [9.17, 15) is 4.79 Å². The Morgan fingerprint density at radius 3 is 2.62 bits per heavy atom. The predicted octanol–water partition coefficient (Wildman–Crippen LogP) is 1.23. The lowest BCUT2D eigenvalue weighted by molar-refractivity contribution is -0.148. The Morgan fingerprint density at radius 2 is 2.15 bits per heavy atom. The van der Waals surface area contributed by atoms with Crippen LogP contribution in [0.5, 0.6) is 0 Å². The van der Waals surface area contributed by atoms with Crippen LogP contribution in [0.2, 0.25) is 0 Å². The monoisotopic (exact) mass is 205 g/mol. The van der Waals surface area contributed by atoms with Crippen molar-refractivity contribution in [3.05, 3.63) is 0 Å². The van der Waals surface area contributed by atoms with Crippen molar-refractivity contribution in [2.75, 3.05) is 32.1 Å². The third-order valence-corrected chi connectivity index (χ3v) is 2.03. The number of likely N-dealkylation sites (N-methyl/N-ethyl adjacent to an activating group) is 1. The quantitative estimate of drug-likeness (QED) is 0.610. The molecule has 0 saturated carbocycles. The molecule has 0 aromatic rings. The van der Waals surface area contributed by atoms with E-state index in [2.05, 4.69) is 6.26 Å². The first-order valence-electron chi connectivity index (χ1n) is 4.43. The highest BCUT2D eigenvalue weighted by molar-refractivity contribution is 7.98. The zero-order valence-corrected chi connectivity index (χ0v) is 9.69. The zero-order chi connectivity index (χ0) is 10.3. The molecule has 0 aliphatic rings. The molecule has 0 aliphatic carbocycles. The molecular formula is C9H19NO2S. The molecule has 13 heavy (non-hydrogen) atoms. The Bertz CT molecular complexity index is 151. The summed E-state index contributed by atoms with van der Waals surface area (Å²) in [4.78, 5) is 13.1. The Balaban J connectivity index is 3.53. The Hall–Kier alpha value is -0.220. The van der Waals surface area contributed by atoms with Crippen molar-refractivity contribution in [2.24, 2.45) is 0 Å². The molecule has 0 radical (unpaired) electrons. The number of ether oxygens (including phenoxy) is 1. The fourth-order valence-corrected chi connectivity index (χ4v) is 1.34. The van der Waals surface area contributed by atoms with Gasteiger partial charge in [0.2, 0.25) is 0 Å². The van der Waals surface area contributed by atoms with E-state index in [-0.39, 0.29) is 12.1 Å². The van der Waals surface area contributed by atoms with Gasteiger partial charge in [-0.3, -0.25) is 9.69 Å². The van der Waals surface area contributed by atoms with Gasteiger partial charge in [-0.2, -0.15) is 11.8 Å². The summed E-state index contributed by atoms with van der Waals surface area (Å²) in [6, 6.07) is 0. The minimum Gasteiger partial charge on any atom is -0.462 e. The maximum Gasteiger partial charge on any atom is 0.320 e. The SMILES string of the molecule is CSCCN(C)CC(=O)OC(C)C. The number of nitrogens with zero attached hydrogens (tertiary/aromatic N) is 1. The number of rotatable bonds is 6. The van der Waals surface area contributed by atoms with Gasteiger partial charge >= 0.3 is 5.97 Å². The minimum atomic E-state index is -0.140. The van der Waals surface area contributed by atoms with Crippen molar-refractivity contribution in [3.63, 3.8) is 0 Å². The molecule has 78 valence electrons. The number of hydrogen-bond donors (Lipinski definition) is 0. The highest BCUT2D eigenvalue weighted by Crippen LogP contribution is 1.95. The van der Waals surface area contributed by atoms with Crippen LogP contribution >= 0.6 is 11.8 Å². The first-order chi connectivity index (χ1) is 6.06. The smallest absolute Gasteiger partial charge is 0.320 e. The van der Waals surface area contributed by atoms with Crippen LogP contribution in [0.15, 0.2) is 0 Å². The van der Waals surface area contributed by atoms with Gasteiger partial charge in [0.15, 0.2) is 0 Å². The summed E-state index contributed by atoms with van der Waals surface area (Å²) < 4.78 is 5.01. The fourth-order valence-electron chi connectivity index (χ4n) is 0.847. The van der Waals surface area contributed by atoms with E-state index in [1.54, 1.807) is 11.8 Å². The minimum absolute atomic E-state index is 0.0125. The Kier molecular flexibility index (Phi) is 7.09. The van der Waals surface area contributed by atoms with E-state index in [1.165, 1.54) is 0 Å². The van der Waals surface area contributed by atoms with Crippen LogP contribution in [-0.4, -0.2) is 49.1 Å². The second-order valence-corrected chi connectivity index (χ2v) is 4.25. The van der Waals surface area contributed by atoms with Crippen molar-refractivity contribution >= 4 is 17.7 Å². The van der Waals surface area contributed by atoms with E-state index < -0.39 is 0 Å². The predicted molar refractivity (Wildman–Crippen MR) is 57.1 cm³/mol. The molecule has 0 fully saturated rings. The van der Waals surface area contributed by atoms with Crippen molar-refractivity contribution in [1.29, 1.82) is 0 Å². The van der Waals surface area contributed by atoms with Crippen LogP contribution in [0.4, 0.5) is 0 Å². The molecule has 0 saturated heterocycles. The molecule has 0 amide bonds. The number of carbonyl (C=O) groups is 1. The first-order valence-corrected chi connectivity index (χ1v) is 5.82. The largest absolute Gasteiger partial charge is 0.462 e. The molecule has 0 atom stereocenters. The number of esters is 1. The normalized spacial score (nSPS) is 10.9. The van der Waals surface area contributed by atoms with Gasteiger partial charge in [0.25, 0.3) is 0 Å². The highest BCUT2D eigenvalue weighted by Gasteiger charge is 2.08. The topological polar surface area (TPSA) is 29.5 Å². The van der Waals surface area contributed by atoms with E-state index in [0.717, 1.165) is 12.3 Å². The lowest BCUT2D eigenvalue weighted by Crippen LogP contribution is -2.30. The molecule has 4 heteroatoms. The lowest BCUT2D eigenvalue weighted by Gasteiger charge is -2.15. The summed E-state index contributed by atoms with van der Waals surface area (Å²) in [7, 11) is 1.93. The van der Waals surface area contributed by atoms with Crippen molar-refractivity contribution in [1.82, 2.24) is 4.90 Å². The van der Waals surface area contributed by atoms with Gasteiger partial charge in [0, 0.05) is 12.3 Å². The van der Waals surface area contributed by atoms with E-state index >= 15 is 0 Å². The van der Waals surface area contributed by atoms with Crippen molar-refractivity contribution in [2.45, 2.75) is 20.0 Å². The molecule has 0 aliphatic heterocycles. The van der Waals surface area contributed by atoms with Crippen LogP contribution in [-0.2, 0) is 9.53 Å². The van der Waals surface area contributed by atoms with Gasteiger partial charge in [0.1, 0.15) is 0 Å². The zero-order valence-electron chi connectivity index (χ0n) is 8.87. The number of carbonyl (C=O) groups excluding carboxylic acids is 1. The summed E-state index contributed by atoms with van der Waals surface area (Å²) in [5.74, 6) is 0.907. The van der Waals surface area contributed by atoms with Gasteiger partial charge < -0.3 is 4.74 Å². The fraction of sp³-hybridized carbons (Fsp3) is 0.889. The molecule has 0 unspecified atom stereocenters. The Labute approximate surface area is 84.8 Å². The van der Waals surface area contributed by atoms with Gasteiger partial charge in [-0.25, -0.2) is 0 Å². The second-order valence-electron chi connectivity index (χ2n) is 3.27. The van der Waals surface area contributed by atoms with E-state index in [1.807, 2.05) is 25.8 Å². The van der Waals surface area contributed by atoms with Gasteiger partial charge in [-0.05, 0) is 27.2 Å². The summed E-state index contributed by atoms with van der Waals surface area (Å²) in [6.45, 7) is 5.03. The van der Waals surface area contributed by atoms with Gasteiger partial charge in [0.05, 0.1) is 12.6 Å². The van der Waals surface area contributed by atoms with Crippen LogP contribution < -0.4 is 0 Å². The third-order valence-electron chi connectivity index (χ3n) is 1.44. The van der Waals surface area contributed by atoms with Crippen molar-refractivity contribution in [3.8, 4) is 0 Å². The molecule has 0 heterocycles. The summed E-state index contributed by atoms with van der Waals surface area (Å²) in [5.41, 5.74) is 0. The average Bonchev–Trinajstić information content (AvgIpc) is 1.98. The van der Waals surface area contributed by atoms with Crippen LogP contribution in [0, 0.1) is 0 Å². The molecule has 3 nitrogen and oxygen atoms in total. The maximum absolute atomic E-state index is 11.2. The summed E-state index contributed by atoms with van der Waals surface area (Å²) >= 11 is 1.78. The summed E-state index contributed by atoms with van der Waals surface area (Å²) in [5, 5.41) is 0. The molecule has 0 aromatic heterocycles. The molecule has 0 N–H and O–H groups in total. The standard InChI is InChI=1S/C9H19NO2S/c1-8(2)12-9(11)7-10(3)5-6-13-4/h8H,5-7H2,1-4H3. The van der Waals surface area contributed by atoms with E-state index in [4.69, 9.17) is 4.74 Å². The van der Waals surface area contributed by atoms with Crippen LogP contribution in [0.1, 0.15) is 13.8 Å². The van der Waals surface area contributed by atoms with E-state index in [0.29, 0.717) is 6.54 Å². The first kappa shape index (κ1) is 12.8. The molecule has 0 aromatic carbocycles. The van der Waals surface area contributed by atoms with Crippen molar-refractivity contribution < 1.29 is 9.53 Å². The molecule has 0 bridgehead atoms. The van der Waals surface area contributed by atoms with Gasteiger partial charge in [-0.1, -0.05) is 0 Å². The third kappa shape index (κ3) is 8.12. The maximum atomic E-state index is 11.2. The number of thioether (sulfide) groups is 1. The molecular weight excluding hydrogens is 186 g/mol. The summed E-state index contributed by atoms with van der Waals surface area (Å²) in [6.07, 6.45) is 2.04. The molecule has 0 rings (SSSR count). The second kappa shape index (κ2) is 7.21. The molecule has 0 spiro atoms. The number of hydrogen-bond acceptors (Lipinski definition) is 4.